The molecule has 0 unspecified atom stereocenters. The number of rotatable bonds is 5. The highest BCUT2D eigenvalue weighted by atomic mass is 19.1. The number of hydrogen-bond acceptors (Lipinski definition) is 5. The first-order valence-corrected chi connectivity index (χ1v) is 10.6. The minimum Gasteiger partial charge on any atom is -0.497 e. The molecule has 0 saturated heterocycles. The van der Waals surface area contributed by atoms with Crippen LogP contribution in [0.15, 0.2) is 52.7 Å². The molecule has 8 heteroatoms. The zero-order valence-corrected chi connectivity index (χ0v) is 18.6. The molecule has 0 spiro atoms. The second kappa shape index (κ2) is 9.13. The summed E-state index contributed by atoms with van der Waals surface area (Å²) in [7, 11) is 3.04. The molecule has 1 N–H and O–H groups in total. The Kier molecular flexibility index (Phi) is 6.26. The summed E-state index contributed by atoms with van der Waals surface area (Å²) >= 11 is 0. The molecule has 172 valence electrons. The summed E-state index contributed by atoms with van der Waals surface area (Å²) in [5, 5.41) is 2.52. The van der Waals surface area contributed by atoms with E-state index in [0.717, 1.165) is 17.8 Å². The Morgan fingerprint density at radius 2 is 1.85 bits per heavy atom. The van der Waals surface area contributed by atoms with Gasteiger partial charge in [0, 0.05) is 47.0 Å². The number of amides is 1. The molecule has 33 heavy (non-hydrogen) atoms. The maximum absolute atomic E-state index is 14.2. The average molecular weight is 454 g/mol. The van der Waals surface area contributed by atoms with E-state index in [1.165, 1.54) is 14.2 Å². The van der Waals surface area contributed by atoms with Gasteiger partial charge in [-0.2, -0.15) is 0 Å². The van der Waals surface area contributed by atoms with Crippen LogP contribution in [0.1, 0.15) is 37.7 Å². The molecule has 2 atom stereocenters. The highest BCUT2D eigenvalue weighted by Crippen LogP contribution is 2.46. The standard InChI is InChI=1S/C25H24F2N2O4/c1-13-22(25(31)29-18-10-7-14(26)11-17(18)27)23(24-19(28-13)5-4-6-20(24)30)16-9-8-15(32-2)12-21(16)33-3/h7-12,23-24H,4-6H2,1-3H3,(H,29,31)/t23-,24+/m1/s1. The zero-order valence-electron chi connectivity index (χ0n) is 18.6. The number of nitrogens with zero attached hydrogens (tertiary/aromatic N) is 1. The minimum atomic E-state index is -0.895. The lowest BCUT2D eigenvalue weighted by Gasteiger charge is -2.36. The fourth-order valence-corrected chi connectivity index (χ4v) is 4.61. The van der Waals surface area contributed by atoms with Crippen molar-refractivity contribution in [1.82, 2.24) is 0 Å². The number of hydrogen-bond donors (Lipinski definition) is 1. The first-order chi connectivity index (χ1) is 15.8. The van der Waals surface area contributed by atoms with Gasteiger partial charge in [0.05, 0.1) is 25.8 Å². The van der Waals surface area contributed by atoms with Gasteiger partial charge in [0.15, 0.2) is 0 Å². The SMILES string of the molecule is COc1ccc([C@@H]2C(C(=O)Nc3ccc(F)cc3F)=C(C)N=C3CCCC(=O)[C@H]32)c(OC)c1. The van der Waals surface area contributed by atoms with Crippen LogP contribution < -0.4 is 14.8 Å². The van der Waals surface area contributed by atoms with Crippen LogP contribution in [-0.4, -0.2) is 31.6 Å². The quantitative estimate of drug-likeness (QED) is 0.704. The van der Waals surface area contributed by atoms with Crippen molar-refractivity contribution in [3.63, 3.8) is 0 Å². The Hall–Kier alpha value is -3.55. The Labute approximate surface area is 190 Å². The van der Waals surface area contributed by atoms with E-state index in [1.807, 2.05) is 0 Å². The van der Waals surface area contributed by atoms with E-state index in [-0.39, 0.29) is 17.0 Å². The Morgan fingerprint density at radius 3 is 2.55 bits per heavy atom. The Morgan fingerprint density at radius 1 is 1.06 bits per heavy atom. The molecule has 1 amide bonds. The van der Waals surface area contributed by atoms with Crippen LogP contribution in [0.2, 0.25) is 0 Å². The zero-order chi connectivity index (χ0) is 23.7. The predicted molar refractivity (Wildman–Crippen MR) is 120 cm³/mol. The summed E-state index contributed by atoms with van der Waals surface area (Å²) in [6.07, 6.45) is 1.75. The van der Waals surface area contributed by atoms with E-state index < -0.39 is 29.4 Å². The van der Waals surface area contributed by atoms with E-state index in [9.17, 15) is 18.4 Å². The third-order valence-electron chi connectivity index (χ3n) is 6.11. The molecular formula is C25H24F2N2O4. The lowest BCUT2D eigenvalue weighted by atomic mass is 9.69. The molecule has 2 aromatic carbocycles. The summed E-state index contributed by atoms with van der Waals surface area (Å²) in [6, 6.07) is 8.12. The van der Waals surface area contributed by atoms with Crippen LogP contribution in [0.25, 0.3) is 0 Å². The summed E-state index contributed by atoms with van der Waals surface area (Å²) in [4.78, 5) is 31.1. The summed E-state index contributed by atoms with van der Waals surface area (Å²) < 4.78 is 38.4. The van der Waals surface area contributed by atoms with Crippen molar-refractivity contribution in [2.24, 2.45) is 10.9 Å². The average Bonchev–Trinajstić information content (AvgIpc) is 2.79. The number of fused-ring (bicyclic) bond motifs is 1. The molecule has 6 nitrogen and oxygen atoms in total. The number of carbonyl (C=O) groups is 2. The maximum atomic E-state index is 14.2. The van der Waals surface area contributed by atoms with Crippen molar-refractivity contribution in [2.45, 2.75) is 32.1 Å². The number of halogens is 2. The lowest BCUT2D eigenvalue weighted by molar-refractivity contribution is -0.122. The fourth-order valence-electron chi connectivity index (χ4n) is 4.61. The van der Waals surface area contributed by atoms with Crippen LogP contribution in [0, 0.1) is 17.6 Å². The number of allylic oxidation sites excluding steroid dienone is 1. The van der Waals surface area contributed by atoms with Gasteiger partial charge in [0.2, 0.25) is 0 Å². The lowest BCUT2D eigenvalue weighted by Crippen LogP contribution is -2.39. The minimum absolute atomic E-state index is 0.00589. The molecular weight excluding hydrogens is 430 g/mol. The fraction of sp³-hybridized carbons (Fsp3) is 0.320. The van der Waals surface area contributed by atoms with Crippen molar-refractivity contribution in [3.05, 3.63) is 64.9 Å². The number of methoxy groups -OCH3 is 2. The van der Waals surface area contributed by atoms with Gasteiger partial charge in [-0.15, -0.1) is 0 Å². The molecule has 1 aliphatic heterocycles. The Balaban J connectivity index is 1.84. The topological polar surface area (TPSA) is 77.0 Å². The van der Waals surface area contributed by atoms with Crippen molar-refractivity contribution in [1.29, 1.82) is 0 Å². The third-order valence-corrected chi connectivity index (χ3v) is 6.11. The van der Waals surface area contributed by atoms with Gasteiger partial charge >= 0.3 is 0 Å². The van der Waals surface area contributed by atoms with Crippen molar-refractivity contribution < 1.29 is 27.8 Å². The highest BCUT2D eigenvalue weighted by molar-refractivity contribution is 6.14. The number of nitrogens with one attached hydrogen (secondary N) is 1. The van der Waals surface area contributed by atoms with Gasteiger partial charge < -0.3 is 14.8 Å². The second-order valence-corrected chi connectivity index (χ2v) is 8.06. The molecule has 0 radical (unpaired) electrons. The van der Waals surface area contributed by atoms with Gasteiger partial charge in [0.1, 0.15) is 28.9 Å². The smallest absolute Gasteiger partial charge is 0.254 e. The number of ketones is 1. The van der Waals surface area contributed by atoms with E-state index in [4.69, 9.17) is 9.47 Å². The van der Waals surface area contributed by atoms with E-state index in [1.54, 1.807) is 25.1 Å². The van der Waals surface area contributed by atoms with Crippen LogP contribution in [0.3, 0.4) is 0 Å². The number of Topliss-reactive ketones (excluding diaryl/α,β-unsaturated/α-hetero) is 1. The number of carbonyl (C=O) groups excluding carboxylic acids is 2. The number of ether oxygens (including phenoxy) is 2. The monoisotopic (exact) mass is 454 g/mol. The first-order valence-electron chi connectivity index (χ1n) is 10.6. The Bertz CT molecular complexity index is 1190. The summed E-state index contributed by atoms with van der Waals surface area (Å²) in [5.41, 5.74) is 1.89. The third kappa shape index (κ3) is 4.25. The molecule has 2 aliphatic rings. The van der Waals surface area contributed by atoms with Gasteiger partial charge in [-0.25, -0.2) is 8.78 Å². The molecule has 4 rings (SSSR count). The molecule has 0 bridgehead atoms. The molecule has 1 saturated carbocycles. The van der Waals surface area contributed by atoms with Crippen LogP contribution in [-0.2, 0) is 9.59 Å². The van der Waals surface area contributed by atoms with E-state index in [2.05, 4.69) is 10.3 Å². The first kappa shape index (κ1) is 22.6. The van der Waals surface area contributed by atoms with Crippen LogP contribution in [0.5, 0.6) is 11.5 Å². The molecule has 1 fully saturated rings. The van der Waals surface area contributed by atoms with Crippen LogP contribution >= 0.6 is 0 Å². The highest BCUT2D eigenvalue weighted by Gasteiger charge is 2.44. The second-order valence-electron chi connectivity index (χ2n) is 8.06. The summed E-state index contributed by atoms with van der Waals surface area (Å²) in [6.45, 7) is 1.70. The number of aliphatic imine (C=N–C) groups is 1. The van der Waals surface area contributed by atoms with Gasteiger partial charge in [-0.3, -0.25) is 14.6 Å². The maximum Gasteiger partial charge on any atom is 0.254 e. The predicted octanol–water partition coefficient (Wildman–Crippen LogP) is 4.80. The normalized spacial score (nSPS) is 20.2. The largest absolute Gasteiger partial charge is 0.497 e. The van der Waals surface area contributed by atoms with Gasteiger partial charge in [-0.1, -0.05) is 6.07 Å². The molecule has 1 aliphatic carbocycles. The molecule has 1 heterocycles. The van der Waals surface area contributed by atoms with Crippen molar-refractivity contribution in [2.75, 3.05) is 19.5 Å². The summed E-state index contributed by atoms with van der Waals surface area (Å²) in [5.74, 6) is -2.52. The number of anilines is 1. The number of benzene rings is 2. The van der Waals surface area contributed by atoms with Crippen LogP contribution in [0.4, 0.5) is 14.5 Å². The van der Waals surface area contributed by atoms with Gasteiger partial charge in [-0.05, 0) is 38.0 Å². The van der Waals surface area contributed by atoms with Crippen molar-refractivity contribution in [3.8, 4) is 11.5 Å². The van der Waals surface area contributed by atoms with Gasteiger partial charge in [0.25, 0.3) is 5.91 Å². The van der Waals surface area contributed by atoms with E-state index in [0.29, 0.717) is 48.1 Å². The van der Waals surface area contributed by atoms with Crippen molar-refractivity contribution >= 4 is 23.1 Å². The molecule has 0 aromatic heterocycles. The van der Waals surface area contributed by atoms with E-state index >= 15 is 0 Å². The molecule has 2 aromatic rings.